The summed E-state index contributed by atoms with van der Waals surface area (Å²) in [5.74, 6) is 3.07. The van der Waals surface area contributed by atoms with Crippen LogP contribution in [0, 0.1) is 11.8 Å². The Hall–Kier alpha value is -1.51. The number of nitrogens with two attached hydrogens (primary N) is 1. The molecule has 106 valence electrons. The van der Waals surface area contributed by atoms with Gasteiger partial charge >= 0.3 is 0 Å². The fourth-order valence-electron chi connectivity index (χ4n) is 3.58. The second-order valence-corrected chi connectivity index (χ2v) is 6.56. The van der Waals surface area contributed by atoms with Gasteiger partial charge in [0.05, 0.1) is 11.0 Å². The predicted octanol–water partition coefficient (Wildman–Crippen LogP) is 3.93. The summed E-state index contributed by atoms with van der Waals surface area (Å²) in [7, 11) is 0. The maximum Gasteiger partial charge on any atom is 0.110 e. The smallest absolute Gasteiger partial charge is 0.110 e. The van der Waals surface area contributed by atoms with Gasteiger partial charge in [-0.2, -0.15) is 0 Å². The molecule has 0 unspecified atom stereocenters. The molecule has 0 atom stereocenters. The maximum absolute atomic E-state index is 5.93. The number of rotatable bonds is 5. The van der Waals surface area contributed by atoms with Gasteiger partial charge in [-0.3, -0.25) is 0 Å². The van der Waals surface area contributed by atoms with Crippen LogP contribution in [0.4, 0.5) is 5.69 Å². The zero-order valence-electron chi connectivity index (χ0n) is 12.2. The van der Waals surface area contributed by atoms with Gasteiger partial charge in [-0.1, -0.05) is 6.92 Å². The van der Waals surface area contributed by atoms with Crippen molar-refractivity contribution < 1.29 is 0 Å². The minimum Gasteiger partial charge on any atom is -0.399 e. The van der Waals surface area contributed by atoms with Crippen LogP contribution >= 0.6 is 0 Å². The molecule has 1 heterocycles. The molecule has 1 aromatic heterocycles. The molecule has 2 aliphatic rings. The molecule has 2 N–H and O–H groups in total. The molecule has 2 fully saturated rings. The predicted molar refractivity (Wildman–Crippen MR) is 82.6 cm³/mol. The molecule has 0 saturated heterocycles. The van der Waals surface area contributed by atoms with Gasteiger partial charge in [0, 0.05) is 18.2 Å². The van der Waals surface area contributed by atoms with Crippen LogP contribution in [-0.4, -0.2) is 9.55 Å². The van der Waals surface area contributed by atoms with E-state index >= 15 is 0 Å². The quantitative estimate of drug-likeness (QED) is 0.836. The van der Waals surface area contributed by atoms with E-state index in [1.165, 1.54) is 37.0 Å². The van der Waals surface area contributed by atoms with E-state index in [1.807, 2.05) is 12.1 Å². The van der Waals surface area contributed by atoms with Crippen molar-refractivity contribution in [1.29, 1.82) is 0 Å². The summed E-state index contributed by atoms with van der Waals surface area (Å²) in [6, 6.07) is 6.92. The lowest BCUT2D eigenvalue weighted by atomic mass is 10.1. The average molecular weight is 269 g/mol. The molecule has 2 saturated carbocycles. The normalized spacial score (nSPS) is 19.1. The lowest BCUT2D eigenvalue weighted by Gasteiger charge is -2.21. The van der Waals surface area contributed by atoms with Crippen molar-refractivity contribution in [2.24, 2.45) is 11.8 Å². The van der Waals surface area contributed by atoms with E-state index < -0.39 is 0 Å². The van der Waals surface area contributed by atoms with E-state index in [2.05, 4.69) is 17.6 Å². The molecule has 2 aromatic rings. The molecule has 3 nitrogen and oxygen atoms in total. The Morgan fingerprint density at radius 2 is 1.95 bits per heavy atom. The summed E-state index contributed by atoms with van der Waals surface area (Å²) in [5.41, 5.74) is 9.13. The highest BCUT2D eigenvalue weighted by molar-refractivity contribution is 5.80. The Bertz CT molecular complexity index is 623. The summed E-state index contributed by atoms with van der Waals surface area (Å²) in [5, 5.41) is 0. The zero-order chi connectivity index (χ0) is 13.7. The van der Waals surface area contributed by atoms with E-state index in [4.69, 9.17) is 10.7 Å². The number of anilines is 1. The van der Waals surface area contributed by atoms with Crippen molar-refractivity contribution in [3.8, 4) is 0 Å². The van der Waals surface area contributed by atoms with Gasteiger partial charge < -0.3 is 10.3 Å². The third-order valence-electron chi connectivity index (χ3n) is 4.77. The van der Waals surface area contributed by atoms with Crippen LogP contribution in [0.1, 0.15) is 50.9 Å². The topological polar surface area (TPSA) is 43.8 Å². The molecular formula is C17H23N3. The van der Waals surface area contributed by atoms with Gasteiger partial charge in [-0.05, 0) is 62.1 Å². The number of hydrogen-bond acceptors (Lipinski definition) is 2. The number of nitrogens with zero attached hydrogens (tertiary/aromatic N) is 2. The van der Waals surface area contributed by atoms with Crippen LogP contribution in [0.5, 0.6) is 0 Å². The van der Waals surface area contributed by atoms with Crippen LogP contribution < -0.4 is 5.73 Å². The Morgan fingerprint density at radius 3 is 2.55 bits per heavy atom. The number of imidazole rings is 1. The monoisotopic (exact) mass is 269 g/mol. The lowest BCUT2D eigenvalue weighted by Crippen LogP contribution is -2.16. The highest BCUT2D eigenvalue weighted by Crippen LogP contribution is 2.53. The Labute approximate surface area is 120 Å². The maximum atomic E-state index is 5.93. The second kappa shape index (κ2) is 4.51. The van der Waals surface area contributed by atoms with Gasteiger partial charge in [-0.15, -0.1) is 0 Å². The summed E-state index contributed by atoms with van der Waals surface area (Å²) < 4.78 is 2.58. The average Bonchev–Trinajstić information content (AvgIpc) is 3.31. The Kier molecular flexibility index (Phi) is 2.76. The highest BCUT2D eigenvalue weighted by Gasteiger charge is 2.43. The highest BCUT2D eigenvalue weighted by atomic mass is 15.1. The minimum atomic E-state index is 0.699. The van der Waals surface area contributed by atoms with Crippen LogP contribution in [0.3, 0.4) is 0 Å². The number of benzene rings is 1. The van der Waals surface area contributed by atoms with Crippen molar-refractivity contribution in [2.45, 2.75) is 51.5 Å². The third-order valence-corrected chi connectivity index (χ3v) is 4.77. The molecule has 0 amide bonds. The minimum absolute atomic E-state index is 0.699. The largest absolute Gasteiger partial charge is 0.399 e. The number of aromatic nitrogens is 2. The van der Waals surface area contributed by atoms with Crippen molar-refractivity contribution >= 4 is 16.7 Å². The van der Waals surface area contributed by atoms with Crippen LogP contribution in [0.2, 0.25) is 0 Å². The number of fused-ring (bicyclic) bond motifs is 1. The van der Waals surface area contributed by atoms with Crippen LogP contribution in [0.15, 0.2) is 18.2 Å². The fourth-order valence-corrected chi connectivity index (χ4v) is 3.58. The van der Waals surface area contributed by atoms with Gasteiger partial charge in [-0.25, -0.2) is 4.98 Å². The van der Waals surface area contributed by atoms with E-state index in [-0.39, 0.29) is 0 Å². The zero-order valence-corrected chi connectivity index (χ0v) is 12.2. The summed E-state index contributed by atoms with van der Waals surface area (Å²) in [6.45, 7) is 2.24. The van der Waals surface area contributed by atoms with Crippen LogP contribution in [0.25, 0.3) is 11.0 Å². The molecule has 2 aliphatic carbocycles. The SMILES string of the molecule is CCCc1nc2cc(N)ccc2n1C(C1CC1)C1CC1. The third kappa shape index (κ3) is 2.00. The first-order valence-corrected chi connectivity index (χ1v) is 8.04. The van der Waals surface area contributed by atoms with Crippen molar-refractivity contribution in [3.63, 3.8) is 0 Å². The van der Waals surface area contributed by atoms with Crippen molar-refractivity contribution in [2.75, 3.05) is 5.73 Å². The van der Waals surface area contributed by atoms with E-state index in [0.717, 1.165) is 35.9 Å². The van der Waals surface area contributed by atoms with Crippen molar-refractivity contribution in [1.82, 2.24) is 9.55 Å². The molecule has 4 rings (SSSR count). The first kappa shape index (κ1) is 12.2. The number of aryl methyl sites for hydroxylation is 1. The second-order valence-electron chi connectivity index (χ2n) is 6.56. The Balaban J connectivity index is 1.87. The molecule has 0 spiro atoms. The first-order chi connectivity index (χ1) is 9.78. The van der Waals surface area contributed by atoms with Gasteiger partial charge in [0.25, 0.3) is 0 Å². The molecule has 3 heteroatoms. The summed E-state index contributed by atoms with van der Waals surface area (Å²) in [4.78, 5) is 4.89. The van der Waals surface area contributed by atoms with Gasteiger partial charge in [0.15, 0.2) is 0 Å². The molecule has 20 heavy (non-hydrogen) atoms. The molecule has 0 radical (unpaired) electrons. The Morgan fingerprint density at radius 1 is 1.25 bits per heavy atom. The standard InChI is InChI=1S/C17H23N3/c1-2-3-16-19-14-10-13(18)8-9-15(14)20(16)17(11-4-5-11)12-6-7-12/h8-12,17H,2-7,18H2,1H3. The molecule has 0 bridgehead atoms. The summed E-state index contributed by atoms with van der Waals surface area (Å²) >= 11 is 0. The van der Waals surface area contributed by atoms with E-state index in [9.17, 15) is 0 Å². The van der Waals surface area contributed by atoms with E-state index in [0.29, 0.717) is 6.04 Å². The van der Waals surface area contributed by atoms with Gasteiger partial charge in [0.2, 0.25) is 0 Å². The molecule has 1 aromatic carbocycles. The summed E-state index contributed by atoms with van der Waals surface area (Å²) in [6.07, 6.45) is 7.84. The van der Waals surface area contributed by atoms with E-state index in [1.54, 1.807) is 0 Å². The van der Waals surface area contributed by atoms with Crippen LogP contribution in [-0.2, 0) is 6.42 Å². The van der Waals surface area contributed by atoms with Gasteiger partial charge in [0.1, 0.15) is 5.82 Å². The molecule has 0 aliphatic heterocycles. The fraction of sp³-hybridized carbons (Fsp3) is 0.588. The number of hydrogen-bond donors (Lipinski definition) is 1. The van der Waals surface area contributed by atoms with Crippen molar-refractivity contribution in [3.05, 3.63) is 24.0 Å². The number of nitrogen functional groups attached to an aromatic ring is 1. The molecular weight excluding hydrogens is 246 g/mol. The first-order valence-electron chi connectivity index (χ1n) is 8.04. The lowest BCUT2D eigenvalue weighted by molar-refractivity contribution is 0.392.